The topological polar surface area (TPSA) is 72.4 Å². The van der Waals surface area contributed by atoms with E-state index in [1.807, 2.05) is 23.1 Å². The molecule has 2 saturated carbocycles. The zero-order valence-corrected chi connectivity index (χ0v) is 15.2. The van der Waals surface area contributed by atoms with Gasteiger partial charge in [-0.25, -0.2) is 0 Å². The Morgan fingerprint density at radius 3 is 2.85 bits per heavy atom. The van der Waals surface area contributed by atoms with Crippen LogP contribution >= 0.6 is 0 Å². The molecule has 0 N–H and O–H groups in total. The highest BCUT2D eigenvalue weighted by Gasteiger charge is 2.38. The Morgan fingerprint density at radius 2 is 2.15 bits per heavy atom. The minimum atomic E-state index is -0.117. The van der Waals surface area contributed by atoms with E-state index >= 15 is 0 Å². The molecular formula is C21H21N3O3. The van der Waals surface area contributed by atoms with Crippen LogP contribution in [0.2, 0.25) is 0 Å². The van der Waals surface area contributed by atoms with Crippen molar-refractivity contribution in [3.05, 3.63) is 59.9 Å². The first-order chi connectivity index (χ1) is 13.2. The molecule has 5 rings (SSSR count). The predicted octanol–water partition coefficient (Wildman–Crippen LogP) is 4.26. The number of pyridine rings is 1. The van der Waals surface area contributed by atoms with Crippen LogP contribution in [0.5, 0.6) is 0 Å². The Labute approximate surface area is 157 Å². The van der Waals surface area contributed by atoms with Crippen molar-refractivity contribution in [2.45, 2.75) is 44.7 Å². The summed E-state index contributed by atoms with van der Waals surface area (Å²) in [6.07, 6.45) is 6.62. The Balaban J connectivity index is 1.34. The lowest BCUT2D eigenvalue weighted by Gasteiger charge is -2.19. The second-order valence-corrected chi connectivity index (χ2v) is 7.61. The number of hydrogen-bond donors (Lipinski definition) is 0. The molecule has 1 amide bonds. The molecule has 0 bridgehead atoms. The van der Waals surface area contributed by atoms with Crippen molar-refractivity contribution in [2.24, 2.45) is 5.92 Å². The van der Waals surface area contributed by atoms with Crippen molar-refractivity contribution >= 4 is 5.91 Å². The molecule has 2 fully saturated rings. The Kier molecular flexibility index (Phi) is 3.85. The van der Waals surface area contributed by atoms with Gasteiger partial charge in [-0.05, 0) is 49.4 Å². The number of aromatic nitrogens is 2. The average molecular weight is 363 g/mol. The van der Waals surface area contributed by atoms with E-state index in [2.05, 4.69) is 23.1 Å². The van der Waals surface area contributed by atoms with Crippen LogP contribution in [0.1, 0.15) is 54.1 Å². The molecule has 0 aliphatic heterocycles. The molecule has 0 radical (unpaired) electrons. The summed E-state index contributed by atoms with van der Waals surface area (Å²) in [5.74, 6) is 3.55. The number of rotatable bonds is 6. The van der Waals surface area contributed by atoms with Gasteiger partial charge in [0.2, 0.25) is 0 Å². The predicted molar refractivity (Wildman–Crippen MR) is 97.9 cm³/mol. The first-order valence-electron chi connectivity index (χ1n) is 9.46. The number of furan rings is 1. The second-order valence-electron chi connectivity index (χ2n) is 7.61. The average Bonchev–Trinajstić information content (AvgIpc) is 3.55. The quantitative estimate of drug-likeness (QED) is 0.654. The summed E-state index contributed by atoms with van der Waals surface area (Å²) in [6.45, 7) is 2.71. The molecule has 27 heavy (non-hydrogen) atoms. The van der Waals surface area contributed by atoms with Crippen LogP contribution < -0.4 is 0 Å². The van der Waals surface area contributed by atoms with E-state index in [9.17, 15) is 4.79 Å². The number of hydrogen-bond acceptors (Lipinski definition) is 5. The number of carbonyl (C=O) groups excluding carboxylic acids is 1. The van der Waals surface area contributed by atoms with Crippen molar-refractivity contribution in [3.63, 3.8) is 0 Å². The molecular weight excluding hydrogens is 342 g/mol. The molecule has 3 aromatic rings. The summed E-state index contributed by atoms with van der Waals surface area (Å²) in [7, 11) is 0. The van der Waals surface area contributed by atoms with Crippen LogP contribution in [0, 0.1) is 5.92 Å². The van der Waals surface area contributed by atoms with E-state index in [4.69, 9.17) is 8.94 Å². The zero-order valence-electron chi connectivity index (χ0n) is 15.2. The number of nitrogens with zero attached hydrogens (tertiary/aromatic N) is 3. The number of carbonyl (C=O) groups is 1. The van der Waals surface area contributed by atoms with Crippen molar-refractivity contribution in [3.8, 4) is 11.3 Å². The molecule has 0 spiro atoms. The molecule has 0 aromatic carbocycles. The van der Waals surface area contributed by atoms with E-state index < -0.39 is 0 Å². The van der Waals surface area contributed by atoms with E-state index in [1.165, 1.54) is 6.42 Å². The van der Waals surface area contributed by atoms with Gasteiger partial charge >= 0.3 is 0 Å². The van der Waals surface area contributed by atoms with Crippen LogP contribution in [0.3, 0.4) is 0 Å². The van der Waals surface area contributed by atoms with Crippen LogP contribution in [0.25, 0.3) is 11.3 Å². The summed E-state index contributed by atoms with van der Waals surface area (Å²) >= 11 is 0. The number of amides is 1. The molecule has 2 aliphatic carbocycles. The fraction of sp³-hybridized carbons (Fsp3) is 0.381. The maximum Gasteiger partial charge on any atom is 0.276 e. The molecule has 2 aliphatic rings. The molecule has 2 atom stereocenters. The molecule has 0 saturated heterocycles. The Bertz CT molecular complexity index is 958. The monoisotopic (exact) mass is 363 g/mol. The Morgan fingerprint density at radius 1 is 1.30 bits per heavy atom. The summed E-state index contributed by atoms with van der Waals surface area (Å²) in [5, 5.41) is 3.99. The summed E-state index contributed by atoms with van der Waals surface area (Å²) in [4.78, 5) is 19.0. The molecule has 3 heterocycles. The van der Waals surface area contributed by atoms with Gasteiger partial charge in [0, 0.05) is 36.0 Å². The lowest BCUT2D eigenvalue weighted by Crippen LogP contribution is -2.32. The highest BCUT2D eigenvalue weighted by molar-refractivity contribution is 5.93. The van der Waals surface area contributed by atoms with Crippen molar-refractivity contribution in [2.75, 3.05) is 0 Å². The van der Waals surface area contributed by atoms with Crippen LogP contribution in [-0.2, 0) is 6.54 Å². The van der Waals surface area contributed by atoms with Gasteiger partial charge in [-0.1, -0.05) is 12.1 Å². The van der Waals surface area contributed by atoms with Gasteiger partial charge in [-0.3, -0.25) is 9.78 Å². The SMILES string of the molecule is CC1CC1c1ccc(CN(C(=O)c2cc(-c3cccnc3)on2)C2CC2)o1. The lowest BCUT2D eigenvalue weighted by atomic mass is 10.2. The molecule has 6 nitrogen and oxygen atoms in total. The molecule has 3 aromatic heterocycles. The van der Waals surface area contributed by atoms with E-state index in [1.54, 1.807) is 18.5 Å². The smallest absolute Gasteiger partial charge is 0.276 e. The maximum atomic E-state index is 13.0. The highest BCUT2D eigenvalue weighted by atomic mass is 16.5. The second kappa shape index (κ2) is 6.37. The molecule has 138 valence electrons. The van der Waals surface area contributed by atoms with E-state index in [-0.39, 0.29) is 11.9 Å². The first-order valence-corrected chi connectivity index (χ1v) is 9.46. The van der Waals surface area contributed by atoms with E-state index in [0.29, 0.717) is 29.8 Å². The maximum absolute atomic E-state index is 13.0. The third kappa shape index (κ3) is 3.27. The minimum absolute atomic E-state index is 0.117. The van der Waals surface area contributed by atoms with Crippen LogP contribution in [0.4, 0.5) is 0 Å². The summed E-state index contributed by atoms with van der Waals surface area (Å²) in [6, 6.07) is 9.69. The fourth-order valence-corrected chi connectivity index (χ4v) is 3.49. The largest absolute Gasteiger partial charge is 0.464 e. The van der Waals surface area contributed by atoms with Gasteiger partial charge in [0.05, 0.1) is 6.54 Å². The lowest BCUT2D eigenvalue weighted by molar-refractivity contribution is 0.0706. The standard InChI is InChI=1S/C21H21N3O3/c1-13-9-17(13)19-7-6-16(26-19)12-24(15-4-5-15)21(25)18-10-20(27-23-18)14-3-2-8-22-11-14/h2-3,6-8,10-11,13,15,17H,4-5,9,12H2,1H3. The van der Waals surface area contributed by atoms with Crippen molar-refractivity contribution < 1.29 is 13.7 Å². The molecule has 2 unspecified atom stereocenters. The highest BCUT2D eigenvalue weighted by Crippen LogP contribution is 2.47. The van der Waals surface area contributed by atoms with Gasteiger partial charge < -0.3 is 13.8 Å². The summed E-state index contributed by atoms with van der Waals surface area (Å²) in [5.41, 5.74) is 1.12. The third-order valence-corrected chi connectivity index (χ3v) is 5.41. The first kappa shape index (κ1) is 16.3. The normalized spacial score (nSPS) is 21.2. The van der Waals surface area contributed by atoms with Crippen LogP contribution in [0.15, 0.2) is 51.7 Å². The van der Waals surface area contributed by atoms with Crippen molar-refractivity contribution in [1.82, 2.24) is 15.0 Å². The fourth-order valence-electron chi connectivity index (χ4n) is 3.49. The summed E-state index contributed by atoms with van der Waals surface area (Å²) < 4.78 is 11.4. The molecule has 6 heteroatoms. The van der Waals surface area contributed by atoms with Gasteiger partial charge in [0.15, 0.2) is 11.5 Å². The van der Waals surface area contributed by atoms with Crippen molar-refractivity contribution in [1.29, 1.82) is 0 Å². The van der Waals surface area contributed by atoms with Gasteiger partial charge in [0.25, 0.3) is 5.91 Å². The van der Waals surface area contributed by atoms with E-state index in [0.717, 1.165) is 29.9 Å². The Hall–Kier alpha value is -2.89. The zero-order chi connectivity index (χ0) is 18.4. The van der Waals surface area contributed by atoms with Crippen LogP contribution in [-0.4, -0.2) is 27.0 Å². The van der Waals surface area contributed by atoms with Gasteiger partial charge in [-0.2, -0.15) is 0 Å². The van der Waals surface area contributed by atoms with Gasteiger partial charge in [0.1, 0.15) is 11.5 Å². The van der Waals surface area contributed by atoms with Gasteiger partial charge in [-0.15, -0.1) is 0 Å². The minimum Gasteiger partial charge on any atom is -0.464 e. The third-order valence-electron chi connectivity index (χ3n) is 5.41.